The number of hydrogen-bond donors (Lipinski definition) is 1. The Morgan fingerprint density at radius 2 is 1.95 bits per heavy atom. The first-order chi connectivity index (χ1) is 10.2. The van der Waals surface area contributed by atoms with Crippen LogP contribution in [0.3, 0.4) is 0 Å². The molecular weight excluding hydrogens is 268 g/mol. The number of nitrogens with zero attached hydrogens (tertiary/aromatic N) is 3. The zero-order chi connectivity index (χ0) is 15.2. The predicted molar refractivity (Wildman–Crippen MR) is 79.2 cm³/mol. The molecule has 21 heavy (non-hydrogen) atoms. The van der Waals surface area contributed by atoms with Crippen molar-refractivity contribution < 1.29 is 9.47 Å². The number of ether oxygens (including phenoxy) is 2. The predicted octanol–water partition coefficient (Wildman–Crippen LogP) is 2.12. The highest BCUT2D eigenvalue weighted by atomic mass is 16.5. The molecule has 0 aliphatic heterocycles. The molecule has 1 heterocycles. The number of benzene rings is 1. The Bertz CT molecular complexity index is 641. The second kappa shape index (κ2) is 6.66. The summed E-state index contributed by atoms with van der Waals surface area (Å²) in [5, 5.41) is 13.2. The molecule has 6 nitrogen and oxygen atoms in total. The number of rotatable bonds is 6. The van der Waals surface area contributed by atoms with Crippen LogP contribution in [-0.4, -0.2) is 23.5 Å². The number of nitriles is 1. The second-order valence-corrected chi connectivity index (χ2v) is 4.56. The summed E-state index contributed by atoms with van der Waals surface area (Å²) in [6.07, 6.45) is 0.752. The van der Waals surface area contributed by atoms with Gasteiger partial charge in [-0.3, -0.25) is 0 Å². The van der Waals surface area contributed by atoms with Crippen LogP contribution in [0.1, 0.15) is 17.7 Å². The van der Waals surface area contributed by atoms with Gasteiger partial charge in [0.05, 0.1) is 19.4 Å². The summed E-state index contributed by atoms with van der Waals surface area (Å²) in [6.45, 7) is 2.94. The lowest BCUT2D eigenvalue weighted by Gasteiger charge is -2.08. The van der Waals surface area contributed by atoms with E-state index in [0.29, 0.717) is 30.2 Å². The zero-order valence-corrected chi connectivity index (χ0v) is 12.2. The molecule has 0 aliphatic rings. The van der Waals surface area contributed by atoms with E-state index >= 15 is 0 Å². The maximum absolute atomic E-state index is 8.96. The van der Waals surface area contributed by atoms with E-state index in [1.54, 1.807) is 18.7 Å². The van der Waals surface area contributed by atoms with Crippen molar-refractivity contribution in [2.45, 2.75) is 19.9 Å². The standard InChI is InChI=1S/C15H18N4O2/c1-11-14(10-16)15(17)19(18-11)8-3-9-21-13-6-4-12(20-2)5-7-13/h4-7H,3,8-9,17H2,1-2H3. The summed E-state index contributed by atoms with van der Waals surface area (Å²) in [5.41, 5.74) is 6.97. The quantitative estimate of drug-likeness (QED) is 0.822. The molecule has 0 aliphatic carbocycles. The number of nitrogens with two attached hydrogens (primary N) is 1. The monoisotopic (exact) mass is 286 g/mol. The Balaban J connectivity index is 1.83. The van der Waals surface area contributed by atoms with Crippen LogP contribution in [0.2, 0.25) is 0 Å². The maximum atomic E-state index is 8.96. The zero-order valence-electron chi connectivity index (χ0n) is 12.2. The van der Waals surface area contributed by atoms with Crippen molar-refractivity contribution in [2.24, 2.45) is 0 Å². The summed E-state index contributed by atoms with van der Waals surface area (Å²) in [5.74, 6) is 2.00. The van der Waals surface area contributed by atoms with Crippen molar-refractivity contribution in [3.05, 3.63) is 35.5 Å². The molecule has 2 aromatic rings. The molecule has 0 spiro atoms. The lowest BCUT2D eigenvalue weighted by atomic mass is 10.3. The molecule has 0 amide bonds. The average Bonchev–Trinajstić information content (AvgIpc) is 2.78. The lowest BCUT2D eigenvalue weighted by Crippen LogP contribution is -2.08. The van der Waals surface area contributed by atoms with Gasteiger partial charge in [0.15, 0.2) is 0 Å². The van der Waals surface area contributed by atoms with Gasteiger partial charge in [0.1, 0.15) is 28.9 Å². The highest BCUT2D eigenvalue weighted by molar-refractivity contribution is 5.51. The molecule has 0 radical (unpaired) electrons. The summed E-state index contributed by atoms with van der Waals surface area (Å²) < 4.78 is 12.4. The maximum Gasteiger partial charge on any atom is 0.140 e. The molecule has 0 saturated carbocycles. The molecule has 110 valence electrons. The minimum atomic E-state index is 0.416. The third-order valence-electron chi connectivity index (χ3n) is 3.12. The van der Waals surface area contributed by atoms with Gasteiger partial charge in [-0.2, -0.15) is 10.4 Å². The van der Waals surface area contributed by atoms with Crippen LogP contribution in [0.25, 0.3) is 0 Å². The largest absolute Gasteiger partial charge is 0.497 e. The number of hydrogen-bond acceptors (Lipinski definition) is 5. The molecule has 0 saturated heterocycles. The molecule has 6 heteroatoms. The molecule has 0 fully saturated rings. The van der Waals surface area contributed by atoms with Gasteiger partial charge in [-0.1, -0.05) is 0 Å². The number of aryl methyl sites for hydroxylation is 2. The van der Waals surface area contributed by atoms with E-state index in [1.165, 1.54) is 0 Å². The van der Waals surface area contributed by atoms with Crippen molar-refractivity contribution >= 4 is 5.82 Å². The third kappa shape index (κ3) is 3.45. The van der Waals surface area contributed by atoms with Gasteiger partial charge in [0, 0.05) is 13.0 Å². The van der Waals surface area contributed by atoms with E-state index in [1.807, 2.05) is 24.3 Å². The van der Waals surface area contributed by atoms with E-state index < -0.39 is 0 Å². The van der Waals surface area contributed by atoms with Crippen LogP contribution >= 0.6 is 0 Å². The highest BCUT2D eigenvalue weighted by Crippen LogP contribution is 2.18. The SMILES string of the molecule is COc1ccc(OCCCn2nc(C)c(C#N)c2N)cc1. The Hall–Kier alpha value is -2.68. The van der Waals surface area contributed by atoms with Crippen LogP contribution in [0, 0.1) is 18.3 Å². The minimum absolute atomic E-state index is 0.416. The molecule has 2 rings (SSSR count). The normalized spacial score (nSPS) is 10.1. The van der Waals surface area contributed by atoms with E-state index in [4.69, 9.17) is 20.5 Å². The minimum Gasteiger partial charge on any atom is -0.497 e. The van der Waals surface area contributed by atoms with Gasteiger partial charge in [-0.25, -0.2) is 4.68 Å². The molecule has 1 aromatic carbocycles. The van der Waals surface area contributed by atoms with Gasteiger partial charge >= 0.3 is 0 Å². The number of nitrogen functional groups attached to an aromatic ring is 1. The van der Waals surface area contributed by atoms with Crippen molar-refractivity contribution in [2.75, 3.05) is 19.5 Å². The second-order valence-electron chi connectivity index (χ2n) is 4.56. The summed E-state index contributed by atoms with van der Waals surface area (Å²) in [7, 11) is 1.63. The molecular formula is C15H18N4O2. The number of methoxy groups -OCH3 is 1. The first-order valence-electron chi connectivity index (χ1n) is 6.65. The first kappa shape index (κ1) is 14.7. The van der Waals surface area contributed by atoms with E-state index in [9.17, 15) is 0 Å². The summed E-state index contributed by atoms with van der Waals surface area (Å²) >= 11 is 0. The Morgan fingerprint density at radius 3 is 2.52 bits per heavy atom. The summed E-state index contributed by atoms with van der Waals surface area (Å²) in [4.78, 5) is 0. The summed E-state index contributed by atoms with van der Waals surface area (Å²) in [6, 6.07) is 9.48. The molecule has 0 atom stereocenters. The molecule has 1 aromatic heterocycles. The fourth-order valence-electron chi connectivity index (χ4n) is 1.98. The van der Waals surface area contributed by atoms with Gasteiger partial charge in [-0.15, -0.1) is 0 Å². The molecule has 0 bridgehead atoms. The molecule has 2 N–H and O–H groups in total. The average molecular weight is 286 g/mol. The van der Waals surface area contributed by atoms with Crippen molar-refractivity contribution in [1.29, 1.82) is 5.26 Å². The van der Waals surface area contributed by atoms with Crippen LogP contribution in [0.4, 0.5) is 5.82 Å². The molecule has 0 unspecified atom stereocenters. The smallest absolute Gasteiger partial charge is 0.140 e. The van der Waals surface area contributed by atoms with E-state index in [2.05, 4.69) is 11.2 Å². The van der Waals surface area contributed by atoms with Crippen LogP contribution < -0.4 is 15.2 Å². The van der Waals surface area contributed by atoms with Crippen molar-refractivity contribution in [1.82, 2.24) is 9.78 Å². The third-order valence-corrected chi connectivity index (χ3v) is 3.12. The van der Waals surface area contributed by atoms with Crippen LogP contribution in [-0.2, 0) is 6.54 Å². The van der Waals surface area contributed by atoms with E-state index in [0.717, 1.165) is 17.9 Å². The fourth-order valence-corrected chi connectivity index (χ4v) is 1.98. The number of aromatic nitrogens is 2. The van der Waals surface area contributed by atoms with Gasteiger partial charge < -0.3 is 15.2 Å². The first-order valence-corrected chi connectivity index (χ1v) is 6.65. The fraction of sp³-hybridized carbons (Fsp3) is 0.333. The van der Waals surface area contributed by atoms with Gasteiger partial charge in [0.2, 0.25) is 0 Å². The van der Waals surface area contributed by atoms with Crippen LogP contribution in [0.15, 0.2) is 24.3 Å². The number of anilines is 1. The van der Waals surface area contributed by atoms with Gasteiger partial charge in [0.25, 0.3) is 0 Å². The Labute approximate surface area is 123 Å². The van der Waals surface area contributed by atoms with Crippen molar-refractivity contribution in [3.63, 3.8) is 0 Å². The lowest BCUT2D eigenvalue weighted by molar-refractivity contribution is 0.298. The highest BCUT2D eigenvalue weighted by Gasteiger charge is 2.11. The Kier molecular flexibility index (Phi) is 4.67. The van der Waals surface area contributed by atoms with E-state index in [-0.39, 0.29) is 0 Å². The Morgan fingerprint density at radius 1 is 1.29 bits per heavy atom. The van der Waals surface area contributed by atoms with Gasteiger partial charge in [-0.05, 0) is 31.2 Å². The topological polar surface area (TPSA) is 86.1 Å². The van der Waals surface area contributed by atoms with Crippen LogP contribution in [0.5, 0.6) is 11.5 Å². The van der Waals surface area contributed by atoms with Crippen molar-refractivity contribution in [3.8, 4) is 17.6 Å².